The maximum atomic E-state index is 12.5. The van der Waals surface area contributed by atoms with Crippen molar-refractivity contribution < 1.29 is 4.79 Å². The van der Waals surface area contributed by atoms with Crippen molar-refractivity contribution in [1.29, 1.82) is 0 Å². The Bertz CT molecular complexity index is 544. The van der Waals surface area contributed by atoms with Gasteiger partial charge in [-0.3, -0.25) is 4.79 Å². The maximum Gasteiger partial charge on any atom is 0.252 e. The molecule has 6 heteroatoms. The third-order valence-electron chi connectivity index (χ3n) is 3.52. The van der Waals surface area contributed by atoms with Gasteiger partial charge in [-0.15, -0.1) is 0 Å². The summed E-state index contributed by atoms with van der Waals surface area (Å²) in [5.74, 6) is 0.367. The number of hydrogen-bond donors (Lipinski definition) is 1. The van der Waals surface area contributed by atoms with Crippen molar-refractivity contribution in [1.82, 2.24) is 15.3 Å². The molecule has 0 saturated heterocycles. The molecule has 1 atom stereocenters. The molecule has 4 nitrogen and oxygen atoms in total. The highest BCUT2D eigenvalue weighted by atomic mass is 32.2. The second kappa shape index (κ2) is 8.19. The first-order valence-corrected chi connectivity index (χ1v) is 8.78. The van der Waals surface area contributed by atoms with Gasteiger partial charge in [-0.2, -0.15) is 0 Å². The molecule has 0 aliphatic carbocycles. The molecule has 0 spiro atoms. The molecule has 118 valence electrons. The molecule has 22 heavy (non-hydrogen) atoms. The fraction of sp³-hybridized carbons (Fsp3) is 0.375. The van der Waals surface area contributed by atoms with Gasteiger partial charge >= 0.3 is 0 Å². The minimum atomic E-state index is -0.0590. The number of benzene rings is 1. The molecule has 1 aromatic carbocycles. The number of hydrazine groups is 1. The van der Waals surface area contributed by atoms with E-state index in [-0.39, 0.29) is 11.9 Å². The van der Waals surface area contributed by atoms with Gasteiger partial charge in [0.05, 0.1) is 11.8 Å². The van der Waals surface area contributed by atoms with Crippen molar-refractivity contribution in [3.05, 3.63) is 48.2 Å². The monoisotopic (exact) mass is 335 g/mol. The predicted octanol–water partition coefficient (Wildman–Crippen LogP) is 2.95. The van der Waals surface area contributed by atoms with E-state index < -0.39 is 0 Å². The van der Waals surface area contributed by atoms with E-state index >= 15 is 0 Å². The Hall–Kier alpha value is -1.53. The average Bonchev–Trinajstić information content (AvgIpc) is 3.04. The van der Waals surface area contributed by atoms with Crippen LogP contribution in [0.1, 0.15) is 25.5 Å². The smallest absolute Gasteiger partial charge is 0.252 e. The molecule has 0 aromatic heterocycles. The van der Waals surface area contributed by atoms with Crippen LogP contribution in [0.15, 0.2) is 42.6 Å². The Morgan fingerprint density at radius 1 is 1.32 bits per heavy atom. The van der Waals surface area contributed by atoms with Crippen molar-refractivity contribution in [2.24, 2.45) is 0 Å². The SMILES string of the molecule is CCN(CC)C(=S)SCC(=O)N1NC=C[C@@H]1c1ccccc1. The first-order valence-electron chi connectivity index (χ1n) is 7.38. The van der Waals surface area contributed by atoms with Crippen LogP contribution in [-0.4, -0.2) is 39.0 Å². The fourth-order valence-electron chi connectivity index (χ4n) is 2.28. The molecule has 2 rings (SSSR count). The molecule has 1 aromatic rings. The summed E-state index contributed by atoms with van der Waals surface area (Å²) in [6.07, 6.45) is 3.80. The third kappa shape index (κ3) is 4.01. The van der Waals surface area contributed by atoms with Gasteiger partial charge in [0.2, 0.25) is 0 Å². The van der Waals surface area contributed by atoms with Crippen LogP contribution in [0.3, 0.4) is 0 Å². The van der Waals surface area contributed by atoms with Crippen LogP contribution in [0.25, 0.3) is 0 Å². The minimum absolute atomic E-state index is 0.0263. The van der Waals surface area contributed by atoms with Gasteiger partial charge in [-0.1, -0.05) is 54.3 Å². The number of thioether (sulfide) groups is 1. The Kier molecular flexibility index (Phi) is 6.27. The Labute approximate surface area is 141 Å². The largest absolute Gasteiger partial charge is 0.358 e. The first-order chi connectivity index (χ1) is 10.7. The lowest BCUT2D eigenvalue weighted by Gasteiger charge is -2.26. The normalized spacial score (nSPS) is 16.5. The number of nitrogens with zero attached hydrogens (tertiary/aromatic N) is 2. The van der Waals surface area contributed by atoms with Crippen molar-refractivity contribution in [3.63, 3.8) is 0 Å². The Morgan fingerprint density at radius 2 is 2.00 bits per heavy atom. The summed E-state index contributed by atoms with van der Waals surface area (Å²) in [7, 11) is 0. The molecular weight excluding hydrogens is 314 g/mol. The Balaban J connectivity index is 1.94. The summed E-state index contributed by atoms with van der Waals surface area (Å²) < 4.78 is 0.779. The number of hydrogen-bond acceptors (Lipinski definition) is 4. The van der Waals surface area contributed by atoms with Crippen LogP contribution >= 0.6 is 24.0 Å². The number of carbonyl (C=O) groups is 1. The van der Waals surface area contributed by atoms with E-state index in [2.05, 4.69) is 24.2 Å². The zero-order valence-electron chi connectivity index (χ0n) is 12.9. The zero-order chi connectivity index (χ0) is 15.9. The molecule has 0 saturated carbocycles. The second-order valence-electron chi connectivity index (χ2n) is 4.83. The van der Waals surface area contributed by atoms with Gasteiger partial charge in [0.15, 0.2) is 0 Å². The molecule has 1 N–H and O–H groups in total. The molecule has 0 radical (unpaired) electrons. The highest BCUT2D eigenvalue weighted by molar-refractivity contribution is 8.23. The summed E-state index contributed by atoms with van der Waals surface area (Å²) in [5.41, 5.74) is 4.11. The van der Waals surface area contributed by atoms with Crippen LogP contribution in [0.5, 0.6) is 0 Å². The van der Waals surface area contributed by atoms with Crippen molar-refractivity contribution in [2.45, 2.75) is 19.9 Å². The molecule has 1 aliphatic heterocycles. The van der Waals surface area contributed by atoms with Gasteiger partial charge in [0, 0.05) is 19.3 Å². The van der Waals surface area contributed by atoms with Crippen molar-refractivity contribution in [3.8, 4) is 0 Å². The van der Waals surface area contributed by atoms with E-state index in [9.17, 15) is 4.79 Å². The zero-order valence-corrected chi connectivity index (χ0v) is 14.5. The van der Waals surface area contributed by atoms with Crippen molar-refractivity contribution >= 4 is 34.2 Å². The van der Waals surface area contributed by atoms with Crippen molar-refractivity contribution in [2.75, 3.05) is 18.8 Å². The minimum Gasteiger partial charge on any atom is -0.358 e. The van der Waals surface area contributed by atoms with Gasteiger partial charge in [0.1, 0.15) is 4.32 Å². The number of nitrogens with one attached hydrogen (secondary N) is 1. The maximum absolute atomic E-state index is 12.5. The van der Waals surface area contributed by atoms with E-state index in [1.807, 2.05) is 42.6 Å². The molecule has 1 heterocycles. The van der Waals surface area contributed by atoms with Crippen LogP contribution in [0, 0.1) is 0 Å². The third-order valence-corrected chi connectivity index (χ3v) is 5.03. The van der Waals surface area contributed by atoms with E-state index in [4.69, 9.17) is 12.2 Å². The number of amides is 1. The number of thiocarbonyl (C=S) groups is 1. The number of rotatable bonds is 5. The van der Waals surface area contributed by atoms with Crippen LogP contribution in [0.2, 0.25) is 0 Å². The quantitative estimate of drug-likeness (QED) is 0.837. The summed E-state index contributed by atoms with van der Waals surface area (Å²) >= 11 is 6.80. The van der Waals surface area contributed by atoms with E-state index in [0.29, 0.717) is 5.75 Å². The topological polar surface area (TPSA) is 35.6 Å². The number of carbonyl (C=O) groups excluding carboxylic acids is 1. The molecule has 0 fully saturated rings. The average molecular weight is 335 g/mol. The van der Waals surface area contributed by atoms with Crippen LogP contribution < -0.4 is 5.43 Å². The fourth-order valence-corrected chi connectivity index (χ4v) is 3.55. The van der Waals surface area contributed by atoms with E-state index in [1.54, 1.807) is 5.01 Å². The first kappa shape index (κ1) is 16.8. The van der Waals surface area contributed by atoms with Gasteiger partial charge in [-0.05, 0) is 25.5 Å². The lowest BCUT2D eigenvalue weighted by atomic mass is 10.1. The molecule has 1 aliphatic rings. The Morgan fingerprint density at radius 3 is 2.64 bits per heavy atom. The van der Waals surface area contributed by atoms with Crippen LogP contribution in [0.4, 0.5) is 0 Å². The highest BCUT2D eigenvalue weighted by Crippen LogP contribution is 2.25. The van der Waals surface area contributed by atoms with E-state index in [0.717, 1.165) is 23.0 Å². The van der Waals surface area contributed by atoms with Gasteiger partial charge in [-0.25, -0.2) is 5.01 Å². The highest BCUT2D eigenvalue weighted by Gasteiger charge is 2.26. The standard InChI is InChI=1S/C16H21N3OS2/c1-3-18(4-2)16(21)22-12-15(20)19-14(10-11-17-19)13-8-6-5-7-9-13/h5-11,14,17H,3-4,12H2,1-2H3/t14-/m1/s1. The van der Waals surface area contributed by atoms with Crippen LogP contribution in [-0.2, 0) is 4.79 Å². The second-order valence-corrected chi connectivity index (χ2v) is 6.44. The van der Waals surface area contributed by atoms with E-state index in [1.165, 1.54) is 11.8 Å². The summed E-state index contributed by atoms with van der Waals surface area (Å²) in [4.78, 5) is 14.5. The lowest BCUT2D eigenvalue weighted by molar-refractivity contribution is -0.131. The predicted molar refractivity (Wildman–Crippen MR) is 96.3 cm³/mol. The molecule has 1 amide bonds. The lowest BCUT2D eigenvalue weighted by Crippen LogP contribution is -2.40. The molecule has 0 unspecified atom stereocenters. The van der Waals surface area contributed by atoms with Gasteiger partial charge in [0.25, 0.3) is 5.91 Å². The summed E-state index contributed by atoms with van der Waals surface area (Å²) in [6.45, 7) is 5.87. The molecular formula is C16H21N3OS2. The van der Waals surface area contributed by atoms with Gasteiger partial charge < -0.3 is 10.3 Å². The summed E-state index contributed by atoms with van der Waals surface area (Å²) in [6, 6.07) is 9.92. The summed E-state index contributed by atoms with van der Waals surface area (Å²) in [5, 5.41) is 1.66. The molecule has 0 bridgehead atoms.